The summed E-state index contributed by atoms with van der Waals surface area (Å²) in [5.41, 5.74) is 7.68. The van der Waals surface area contributed by atoms with Crippen molar-refractivity contribution >= 4 is 8.07 Å². The standard InChI is InChI=1S/C22H41NO2Si/c1-4-5-16-26(2,3)17-8-6-7-9-20-10-12-21(13-11-20)14-15-22(23,18-24)19-25/h10-13,24-25H,4-9,14-19,23H2,1-3H3. The molecule has 1 aromatic rings. The molecule has 3 nitrogen and oxygen atoms in total. The Balaban J connectivity index is 2.26. The summed E-state index contributed by atoms with van der Waals surface area (Å²) in [6.07, 6.45) is 9.29. The number of rotatable bonds is 14. The topological polar surface area (TPSA) is 66.5 Å². The first-order valence-electron chi connectivity index (χ1n) is 10.4. The molecule has 1 rings (SSSR count). The second-order valence-corrected chi connectivity index (χ2v) is 14.2. The molecule has 0 aliphatic heterocycles. The Morgan fingerprint density at radius 2 is 1.38 bits per heavy atom. The minimum absolute atomic E-state index is 0.181. The average molecular weight is 380 g/mol. The number of hydrogen-bond donors (Lipinski definition) is 3. The summed E-state index contributed by atoms with van der Waals surface area (Å²) >= 11 is 0. The van der Waals surface area contributed by atoms with Crippen LogP contribution in [0.15, 0.2) is 24.3 Å². The number of unbranched alkanes of at least 4 members (excludes halogenated alkanes) is 3. The summed E-state index contributed by atoms with van der Waals surface area (Å²) in [5.74, 6) is 0. The van der Waals surface area contributed by atoms with Crippen molar-refractivity contribution in [3.05, 3.63) is 35.4 Å². The Kier molecular flexibility index (Phi) is 10.7. The molecule has 0 fully saturated rings. The van der Waals surface area contributed by atoms with E-state index in [4.69, 9.17) is 5.73 Å². The third-order valence-corrected chi connectivity index (χ3v) is 9.00. The van der Waals surface area contributed by atoms with Crippen molar-refractivity contribution in [2.75, 3.05) is 13.2 Å². The summed E-state index contributed by atoms with van der Waals surface area (Å²) in [7, 11) is -0.938. The largest absolute Gasteiger partial charge is 0.394 e. The lowest BCUT2D eigenvalue weighted by molar-refractivity contribution is 0.115. The molecular weight excluding hydrogens is 338 g/mol. The van der Waals surface area contributed by atoms with Gasteiger partial charge in [0.2, 0.25) is 0 Å². The fraction of sp³-hybridized carbons (Fsp3) is 0.727. The second-order valence-electron chi connectivity index (χ2n) is 8.82. The minimum atomic E-state index is -0.938. The van der Waals surface area contributed by atoms with Gasteiger partial charge in [0, 0.05) is 8.07 Å². The number of aryl methyl sites for hydroxylation is 2. The molecule has 4 heteroatoms. The Hall–Kier alpha value is -0.683. The van der Waals surface area contributed by atoms with Crippen LogP contribution in [0.1, 0.15) is 56.6 Å². The van der Waals surface area contributed by atoms with Crippen LogP contribution >= 0.6 is 0 Å². The van der Waals surface area contributed by atoms with Crippen molar-refractivity contribution in [2.45, 2.75) is 89.0 Å². The van der Waals surface area contributed by atoms with E-state index in [2.05, 4.69) is 44.3 Å². The minimum Gasteiger partial charge on any atom is -0.394 e. The summed E-state index contributed by atoms with van der Waals surface area (Å²) in [6.45, 7) is 7.02. The Bertz CT molecular complexity index is 483. The molecule has 0 bridgehead atoms. The number of aliphatic hydroxyl groups is 2. The Labute approximate surface area is 162 Å². The van der Waals surface area contributed by atoms with Crippen LogP contribution in [0.25, 0.3) is 0 Å². The first-order chi connectivity index (χ1) is 12.3. The molecule has 0 aliphatic carbocycles. The predicted molar refractivity (Wildman–Crippen MR) is 115 cm³/mol. The van der Waals surface area contributed by atoms with E-state index in [9.17, 15) is 10.2 Å². The molecule has 0 saturated carbocycles. The van der Waals surface area contributed by atoms with Crippen molar-refractivity contribution in [1.82, 2.24) is 0 Å². The number of aliphatic hydroxyl groups excluding tert-OH is 2. The molecule has 0 heterocycles. The summed E-state index contributed by atoms with van der Waals surface area (Å²) < 4.78 is 0. The van der Waals surface area contributed by atoms with Gasteiger partial charge >= 0.3 is 0 Å². The van der Waals surface area contributed by atoms with Gasteiger partial charge in [-0.2, -0.15) is 0 Å². The van der Waals surface area contributed by atoms with Gasteiger partial charge in [-0.25, -0.2) is 0 Å². The molecule has 0 aromatic heterocycles. The van der Waals surface area contributed by atoms with Crippen LogP contribution in [0.3, 0.4) is 0 Å². The molecular formula is C22H41NO2Si. The van der Waals surface area contributed by atoms with Gasteiger partial charge in [-0.1, -0.05) is 82.1 Å². The van der Waals surface area contributed by atoms with Crippen LogP contribution in [0.2, 0.25) is 25.2 Å². The SMILES string of the molecule is CCCC[Si](C)(C)CCCCCc1ccc(CCC(N)(CO)CO)cc1. The molecule has 4 N–H and O–H groups in total. The van der Waals surface area contributed by atoms with Gasteiger partial charge in [0.25, 0.3) is 0 Å². The normalized spacial score (nSPS) is 12.5. The molecule has 0 spiro atoms. The second kappa shape index (κ2) is 11.9. The van der Waals surface area contributed by atoms with Gasteiger partial charge in [0.05, 0.1) is 18.8 Å². The van der Waals surface area contributed by atoms with E-state index >= 15 is 0 Å². The fourth-order valence-corrected chi connectivity index (χ4v) is 6.13. The average Bonchev–Trinajstić information content (AvgIpc) is 2.65. The van der Waals surface area contributed by atoms with Gasteiger partial charge < -0.3 is 15.9 Å². The predicted octanol–water partition coefficient (Wildman–Crippen LogP) is 4.52. The van der Waals surface area contributed by atoms with Gasteiger partial charge in [-0.05, 0) is 36.8 Å². The van der Waals surface area contributed by atoms with Crippen LogP contribution < -0.4 is 5.73 Å². The highest BCUT2D eigenvalue weighted by Gasteiger charge is 2.22. The van der Waals surface area contributed by atoms with Gasteiger partial charge in [-0.3, -0.25) is 0 Å². The van der Waals surface area contributed by atoms with Gasteiger partial charge in [0.1, 0.15) is 0 Å². The fourth-order valence-electron chi connectivity index (χ4n) is 3.36. The maximum atomic E-state index is 9.26. The molecule has 0 radical (unpaired) electrons. The zero-order valence-electron chi connectivity index (χ0n) is 17.3. The number of nitrogens with two attached hydrogens (primary N) is 1. The smallest absolute Gasteiger partial charge is 0.0633 e. The van der Waals surface area contributed by atoms with E-state index < -0.39 is 13.6 Å². The molecule has 0 unspecified atom stereocenters. The maximum Gasteiger partial charge on any atom is 0.0633 e. The highest BCUT2D eigenvalue weighted by molar-refractivity contribution is 6.77. The van der Waals surface area contributed by atoms with E-state index in [0.717, 1.165) is 12.8 Å². The highest BCUT2D eigenvalue weighted by atomic mass is 28.3. The maximum absolute atomic E-state index is 9.26. The lowest BCUT2D eigenvalue weighted by atomic mass is 9.93. The third kappa shape index (κ3) is 9.31. The summed E-state index contributed by atoms with van der Waals surface area (Å²) in [5, 5.41) is 18.5. The summed E-state index contributed by atoms with van der Waals surface area (Å²) in [6, 6.07) is 11.7. The molecule has 0 saturated heterocycles. The van der Waals surface area contributed by atoms with Crippen molar-refractivity contribution in [3.8, 4) is 0 Å². The lowest BCUT2D eigenvalue weighted by Gasteiger charge is -2.24. The van der Waals surface area contributed by atoms with E-state index in [0.29, 0.717) is 6.42 Å². The van der Waals surface area contributed by atoms with E-state index in [1.165, 1.54) is 55.3 Å². The Morgan fingerprint density at radius 3 is 1.92 bits per heavy atom. The zero-order valence-corrected chi connectivity index (χ0v) is 18.3. The first-order valence-corrected chi connectivity index (χ1v) is 13.8. The van der Waals surface area contributed by atoms with Crippen molar-refractivity contribution in [2.24, 2.45) is 5.73 Å². The molecule has 0 atom stereocenters. The van der Waals surface area contributed by atoms with Crippen LogP contribution in [-0.2, 0) is 12.8 Å². The van der Waals surface area contributed by atoms with Crippen molar-refractivity contribution in [1.29, 1.82) is 0 Å². The van der Waals surface area contributed by atoms with E-state index in [-0.39, 0.29) is 13.2 Å². The molecule has 26 heavy (non-hydrogen) atoms. The number of benzene rings is 1. The third-order valence-electron chi connectivity index (χ3n) is 5.59. The molecule has 1 aromatic carbocycles. The van der Waals surface area contributed by atoms with Crippen LogP contribution in [0, 0.1) is 0 Å². The monoisotopic (exact) mass is 379 g/mol. The molecule has 0 aliphatic rings. The van der Waals surface area contributed by atoms with Crippen molar-refractivity contribution in [3.63, 3.8) is 0 Å². The quantitative estimate of drug-likeness (QED) is 0.329. The summed E-state index contributed by atoms with van der Waals surface area (Å²) in [4.78, 5) is 0. The first kappa shape index (κ1) is 23.4. The van der Waals surface area contributed by atoms with Crippen LogP contribution in [-0.4, -0.2) is 37.0 Å². The van der Waals surface area contributed by atoms with E-state index in [1.807, 2.05) is 0 Å². The van der Waals surface area contributed by atoms with E-state index in [1.54, 1.807) is 0 Å². The van der Waals surface area contributed by atoms with Gasteiger partial charge in [-0.15, -0.1) is 0 Å². The van der Waals surface area contributed by atoms with Gasteiger partial charge in [0.15, 0.2) is 0 Å². The van der Waals surface area contributed by atoms with Crippen molar-refractivity contribution < 1.29 is 10.2 Å². The zero-order chi connectivity index (χ0) is 19.5. The lowest BCUT2D eigenvalue weighted by Crippen LogP contribution is -2.47. The highest BCUT2D eigenvalue weighted by Crippen LogP contribution is 2.22. The molecule has 150 valence electrons. The Morgan fingerprint density at radius 1 is 0.846 bits per heavy atom. The molecule has 0 amide bonds. The van der Waals surface area contributed by atoms with Crippen LogP contribution in [0.5, 0.6) is 0 Å². The number of hydrogen-bond acceptors (Lipinski definition) is 3. The van der Waals surface area contributed by atoms with Crippen LogP contribution in [0.4, 0.5) is 0 Å².